The van der Waals surface area contributed by atoms with E-state index in [1.807, 2.05) is 12.1 Å². The van der Waals surface area contributed by atoms with Crippen LogP contribution in [-0.4, -0.2) is 11.9 Å². The fourth-order valence-electron chi connectivity index (χ4n) is 1.95. The van der Waals surface area contributed by atoms with E-state index in [9.17, 15) is 9.18 Å². The van der Waals surface area contributed by atoms with Crippen molar-refractivity contribution >= 4 is 21.7 Å². The van der Waals surface area contributed by atoms with Crippen molar-refractivity contribution in [2.75, 3.05) is 0 Å². The number of hydrogen-bond donors (Lipinski definition) is 0. The zero-order valence-electron chi connectivity index (χ0n) is 11.9. The molecule has 0 aromatic heterocycles. The number of ketones is 1. The lowest BCUT2D eigenvalue weighted by molar-refractivity contribution is 0.0817. The Labute approximate surface area is 132 Å². The first-order valence-corrected chi connectivity index (χ1v) is 7.55. The summed E-state index contributed by atoms with van der Waals surface area (Å²) in [6.45, 7) is 3.75. The van der Waals surface area contributed by atoms with E-state index in [1.54, 1.807) is 19.1 Å². The maximum absolute atomic E-state index is 13.0. The van der Waals surface area contributed by atoms with Gasteiger partial charge in [-0.2, -0.15) is 0 Å². The first kappa shape index (κ1) is 15.7. The van der Waals surface area contributed by atoms with E-state index in [-0.39, 0.29) is 11.6 Å². The number of Topliss-reactive ketones (excluding diaryl/α,β-unsaturated/α-hetero) is 1. The number of benzene rings is 2. The smallest absolute Gasteiger partial charge is 0.202 e. The molecule has 0 saturated carbocycles. The molecule has 0 spiro atoms. The lowest BCUT2D eigenvalue weighted by Crippen LogP contribution is -2.24. The van der Waals surface area contributed by atoms with E-state index in [4.69, 9.17) is 4.74 Å². The molecule has 0 fully saturated rings. The summed E-state index contributed by atoms with van der Waals surface area (Å²) in [5.41, 5.74) is 1.79. The van der Waals surface area contributed by atoms with Gasteiger partial charge < -0.3 is 4.74 Å². The Morgan fingerprint density at radius 3 is 2.48 bits per heavy atom. The molecule has 0 bridgehead atoms. The van der Waals surface area contributed by atoms with Gasteiger partial charge in [-0.3, -0.25) is 4.79 Å². The third-order valence-electron chi connectivity index (χ3n) is 3.21. The van der Waals surface area contributed by atoms with Crippen molar-refractivity contribution in [3.63, 3.8) is 0 Å². The van der Waals surface area contributed by atoms with E-state index in [2.05, 4.69) is 22.9 Å². The van der Waals surface area contributed by atoms with Crippen molar-refractivity contribution in [1.82, 2.24) is 0 Å². The van der Waals surface area contributed by atoms with Crippen LogP contribution in [0.25, 0.3) is 0 Å². The molecule has 0 amide bonds. The molecular formula is C17H16BrFO2. The van der Waals surface area contributed by atoms with Crippen LogP contribution >= 0.6 is 15.9 Å². The van der Waals surface area contributed by atoms with Crippen LogP contribution < -0.4 is 4.74 Å². The van der Waals surface area contributed by atoms with Gasteiger partial charge in [0.25, 0.3) is 0 Å². The van der Waals surface area contributed by atoms with Crippen molar-refractivity contribution in [3.8, 4) is 5.75 Å². The molecule has 2 aromatic carbocycles. The highest BCUT2D eigenvalue weighted by atomic mass is 79.9. The monoisotopic (exact) mass is 350 g/mol. The minimum Gasteiger partial charge on any atom is -0.481 e. The van der Waals surface area contributed by atoms with Crippen LogP contribution in [0.2, 0.25) is 0 Å². The second-order valence-electron chi connectivity index (χ2n) is 4.75. The zero-order chi connectivity index (χ0) is 15.4. The van der Waals surface area contributed by atoms with Crippen molar-refractivity contribution in [3.05, 3.63) is 63.9 Å². The summed E-state index contributed by atoms with van der Waals surface area (Å²) < 4.78 is 19.1. The minimum absolute atomic E-state index is 0.103. The van der Waals surface area contributed by atoms with Gasteiger partial charge >= 0.3 is 0 Å². The van der Waals surface area contributed by atoms with Gasteiger partial charge in [0.05, 0.1) is 4.47 Å². The van der Waals surface area contributed by atoms with Crippen LogP contribution in [-0.2, 0) is 6.42 Å². The topological polar surface area (TPSA) is 26.3 Å². The van der Waals surface area contributed by atoms with Crippen LogP contribution in [0.5, 0.6) is 5.75 Å². The van der Waals surface area contributed by atoms with Gasteiger partial charge in [0.15, 0.2) is 6.10 Å². The Bertz CT molecular complexity index is 638. The number of halogens is 2. The fourth-order valence-corrected chi connectivity index (χ4v) is 2.40. The largest absolute Gasteiger partial charge is 0.481 e. The quantitative estimate of drug-likeness (QED) is 0.724. The van der Waals surface area contributed by atoms with Gasteiger partial charge in [-0.05, 0) is 53.0 Å². The Kier molecular flexibility index (Phi) is 5.12. The van der Waals surface area contributed by atoms with Gasteiger partial charge in [-0.1, -0.05) is 31.2 Å². The summed E-state index contributed by atoms with van der Waals surface area (Å²) in [6, 6.07) is 11.6. The molecule has 1 unspecified atom stereocenters. The molecule has 110 valence electrons. The lowest BCUT2D eigenvalue weighted by atomic mass is 10.0. The average Bonchev–Trinajstić information content (AvgIpc) is 2.49. The predicted octanol–water partition coefficient (Wildman–Crippen LogP) is 4.80. The van der Waals surface area contributed by atoms with E-state index in [0.717, 1.165) is 6.42 Å². The van der Waals surface area contributed by atoms with Crippen LogP contribution in [0.1, 0.15) is 29.8 Å². The summed E-state index contributed by atoms with van der Waals surface area (Å²) in [7, 11) is 0. The summed E-state index contributed by atoms with van der Waals surface area (Å²) in [4.78, 5) is 12.3. The molecule has 2 rings (SSSR count). The van der Waals surface area contributed by atoms with Gasteiger partial charge in [0, 0.05) is 5.56 Å². The molecule has 0 aliphatic rings. The first-order valence-electron chi connectivity index (χ1n) is 6.76. The lowest BCUT2D eigenvalue weighted by Gasteiger charge is -2.15. The predicted molar refractivity (Wildman–Crippen MR) is 84.3 cm³/mol. The molecular weight excluding hydrogens is 335 g/mol. The SMILES string of the molecule is CCc1ccc(C(=O)C(C)Oc2ccc(F)cc2Br)cc1. The highest BCUT2D eigenvalue weighted by Gasteiger charge is 2.18. The number of carbonyl (C=O) groups excluding carboxylic acids is 1. The molecule has 0 radical (unpaired) electrons. The van der Waals surface area contributed by atoms with Gasteiger partial charge in [0.1, 0.15) is 11.6 Å². The van der Waals surface area contributed by atoms with E-state index in [1.165, 1.54) is 23.8 Å². The van der Waals surface area contributed by atoms with Crippen molar-refractivity contribution in [1.29, 1.82) is 0 Å². The molecule has 1 atom stereocenters. The van der Waals surface area contributed by atoms with Gasteiger partial charge in [-0.15, -0.1) is 0 Å². The molecule has 0 saturated heterocycles. The Hall–Kier alpha value is -1.68. The highest BCUT2D eigenvalue weighted by Crippen LogP contribution is 2.27. The highest BCUT2D eigenvalue weighted by molar-refractivity contribution is 9.10. The standard InChI is InChI=1S/C17H16BrFO2/c1-3-12-4-6-13(7-5-12)17(20)11(2)21-16-9-8-14(19)10-15(16)18/h4-11H,3H2,1-2H3. The van der Waals surface area contributed by atoms with Crippen molar-refractivity contribution < 1.29 is 13.9 Å². The summed E-state index contributed by atoms with van der Waals surface area (Å²) in [5, 5.41) is 0. The molecule has 2 nitrogen and oxygen atoms in total. The third kappa shape index (κ3) is 3.91. The maximum atomic E-state index is 13.0. The van der Waals surface area contributed by atoms with E-state index >= 15 is 0 Å². The molecule has 21 heavy (non-hydrogen) atoms. The minimum atomic E-state index is -0.640. The normalized spacial score (nSPS) is 12.0. The summed E-state index contributed by atoms with van der Waals surface area (Å²) >= 11 is 3.22. The van der Waals surface area contributed by atoms with Crippen LogP contribution in [0.3, 0.4) is 0 Å². The average molecular weight is 351 g/mol. The third-order valence-corrected chi connectivity index (χ3v) is 3.83. The molecule has 2 aromatic rings. The maximum Gasteiger partial charge on any atom is 0.202 e. The molecule has 0 heterocycles. The zero-order valence-corrected chi connectivity index (χ0v) is 13.5. The molecule has 0 N–H and O–H groups in total. The Morgan fingerprint density at radius 2 is 1.90 bits per heavy atom. The van der Waals surface area contributed by atoms with E-state index < -0.39 is 6.10 Å². The second kappa shape index (κ2) is 6.85. The van der Waals surface area contributed by atoms with Crippen LogP contribution in [0.15, 0.2) is 46.9 Å². The number of ether oxygens (including phenoxy) is 1. The van der Waals surface area contributed by atoms with Crippen LogP contribution in [0, 0.1) is 5.82 Å². The summed E-state index contributed by atoms with van der Waals surface area (Å²) in [5.74, 6) is -0.0142. The van der Waals surface area contributed by atoms with Gasteiger partial charge in [-0.25, -0.2) is 4.39 Å². The fraction of sp³-hybridized carbons (Fsp3) is 0.235. The van der Waals surface area contributed by atoms with Gasteiger partial charge in [0.2, 0.25) is 5.78 Å². The number of aryl methyl sites for hydroxylation is 1. The van der Waals surface area contributed by atoms with Crippen molar-refractivity contribution in [2.45, 2.75) is 26.4 Å². The Morgan fingerprint density at radius 1 is 1.24 bits per heavy atom. The second-order valence-corrected chi connectivity index (χ2v) is 5.60. The first-order chi connectivity index (χ1) is 10.0. The molecule has 0 aliphatic heterocycles. The van der Waals surface area contributed by atoms with E-state index in [0.29, 0.717) is 15.8 Å². The van der Waals surface area contributed by atoms with Crippen LogP contribution in [0.4, 0.5) is 4.39 Å². The van der Waals surface area contributed by atoms with Crippen molar-refractivity contribution in [2.24, 2.45) is 0 Å². The summed E-state index contributed by atoms with van der Waals surface area (Å²) in [6.07, 6.45) is 0.294. The Balaban J connectivity index is 2.11. The number of rotatable bonds is 5. The molecule has 0 aliphatic carbocycles. The molecule has 4 heteroatoms. The number of hydrogen-bond acceptors (Lipinski definition) is 2. The number of carbonyl (C=O) groups is 1.